The summed E-state index contributed by atoms with van der Waals surface area (Å²) >= 11 is 0. The minimum absolute atomic E-state index is 0.0210. The first-order valence-corrected chi connectivity index (χ1v) is 6.93. The second kappa shape index (κ2) is 6.40. The highest BCUT2D eigenvalue weighted by Gasteiger charge is 2.43. The molecule has 1 aromatic rings. The number of aromatic amines is 1. The van der Waals surface area contributed by atoms with Crippen molar-refractivity contribution in [3.05, 3.63) is 18.2 Å². The molecule has 1 aromatic heterocycles. The quantitative estimate of drug-likeness (QED) is 0.275. The van der Waals surface area contributed by atoms with Gasteiger partial charge in [0.2, 0.25) is 5.91 Å². The largest absolute Gasteiger partial charge is 0.409 e. The first kappa shape index (κ1) is 14.4. The summed E-state index contributed by atoms with van der Waals surface area (Å²) in [6.07, 6.45) is 8.24. The van der Waals surface area contributed by atoms with Gasteiger partial charge < -0.3 is 21.2 Å². The molecule has 1 amide bonds. The van der Waals surface area contributed by atoms with Crippen LogP contribution >= 0.6 is 0 Å². The SMILES string of the molecule is N/C(=N/O)C1(C(=O)NCCc2ncc[nH]2)CCCCC1. The van der Waals surface area contributed by atoms with E-state index < -0.39 is 5.41 Å². The molecule has 0 unspecified atom stereocenters. The topological polar surface area (TPSA) is 116 Å². The first-order valence-electron chi connectivity index (χ1n) is 6.93. The van der Waals surface area contributed by atoms with Gasteiger partial charge in [0.1, 0.15) is 11.2 Å². The van der Waals surface area contributed by atoms with Crippen LogP contribution in [-0.2, 0) is 11.2 Å². The number of aromatic nitrogens is 2. The van der Waals surface area contributed by atoms with E-state index in [4.69, 9.17) is 10.9 Å². The number of amides is 1. The summed E-state index contributed by atoms with van der Waals surface area (Å²) in [5, 5.41) is 14.9. The summed E-state index contributed by atoms with van der Waals surface area (Å²) in [6.45, 7) is 0.479. The van der Waals surface area contributed by atoms with Crippen molar-refractivity contribution in [1.82, 2.24) is 15.3 Å². The Hall–Kier alpha value is -2.05. The monoisotopic (exact) mass is 279 g/mol. The van der Waals surface area contributed by atoms with E-state index in [0.29, 0.717) is 25.8 Å². The van der Waals surface area contributed by atoms with Crippen LogP contribution in [0.4, 0.5) is 0 Å². The number of rotatable bonds is 5. The molecule has 0 spiro atoms. The van der Waals surface area contributed by atoms with Gasteiger partial charge in [0.15, 0.2) is 5.84 Å². The van der Waals surface area contributed by atoms with Crippen molar-refractivity contribution in [2.75, 3.05) is 6.54 Å². The van der Waals surface area contributed by atoms with Crippen LogP contribution < -0.4 is 11.1 Å². The highest BCUT2D eigenvalue weighted by Crippen LogP contribution is 2.36. The number of H-pyrrole nitrogens is 1. The Morgan fingerprint density at radius 1 is 1.50 bits per heavy atom. The fourth-order valence-electron chi connectivity index (χ4n) is 2.75. The number of amidine groups is 1. The molecule has 7 nitrogen and oxygen atoms in total. The van der Waals surface area contributed by atoms with E-state index in [2.05, 4.69) is 20.4 Å². The van der Waals surface area contributed by atoms with Crippen LogP contribution in [0.25, 0.3) is 0 Å². The zero-order chi connectivity index (χ0) is 14.4. The van der Waals surface area contributed by atoms with Crippen LogP contribution in [0.2, 0.25) is 0 Å². The Bertz CT molecular complexity index is 463. The van der Waals surface area contributed by atoms with Gasteiger partial charge in [-0.2, -0.15) is 0 Å². The van der Waals surface area contributed by atoms with Crippen molar-refractivity contribution < 1.29 is 10.0 Å². The molecule has 20 heavy (non-hydrogen) atoms. The Morgan fingerprint density at radius 2 is 2.25 bits per heavy atom. The van der Waals surface area contributed by atoms with Crippen molar-refractivity contribution in [1.29, 1.82) is 0 Å². The molecule has 1 fully saturated rings. The molecule has 1 aliphatic rings. The summed E-state index contributed by atoms with van der Waals surface area (Å²) in [6, 6.07) is 0. The standard InChI is InChI=1S/C13H21N5O2/c14-11(18-20)13(5-2-1-3-6-13)12(19)17-7-4-10-15-8-9-16-10/h8-9,20H,1-7H2,(H2,14,18)(H,15,16)(H,17,19). The Labute approximate surface area is 117 Å². The number of hydrogen-bond donors (Lipinski definition) is 4. The lowest BCUT2D eigenvalue weighted by molar-refractivity contribution is -0.129. The number of nitrogens with two attached hydrogens (primary N) is 1. The van der Waals surface area contributed by atoms with E-state index in [9.17, 15) is 4.79 Å². The van der Waals surface area contributed by atoms with Gasteiger partial charge in [0.05, 0.1) is 0 Å². The van der Waals surface area contributed by atoms with Crippen molar-refractivity contribution >= 4 is 11.7 Å². The minimum atomic E-state index is -0.851. The zero-order valence-electron chi connectivity index (χ0n) is 11.4. The molecule has 5 N–H and O–H groups in total. The Balaban J connectivity index is 1.96. The van der Waals surface area contributed by atoms with E-state index in [-0.39, 0.29) is 11.7 Å². The molecule has 0 aromatic carbocycles. The van der Waals surface area contributed by atoms with Crippen LogP contribution in [0, 0.1) is 5.41 Å². The molecule has 7 heteroatoms. The van der Waals surface area contributed by atoms with Gasteiger partial charge in [-0.3, -0.25) is 4.79 Å². The molecule has 1 heterocycles. The third-order valence-corrected chi connectivity index (χ3v) is 3.94. The van der Waals surface area contributed by atoms with Crippen LogP contribution in [0.15, 0.2) is 17.5 Å². The van der Waals surface area contributed by atoms with E-state index in [1.54, 1.807) is 12.4 Å². The number of imidazole rings is 1. The lowest BCUT2D eigenvalue weighted by atomic mass is 9.72. The van der Waals surface area contributed by atoms with Gasteiger partial charge in [-0.25, -0.2) is 4.98 Å². The van der Waals surface area contributed by atoms with Gasteiger partial charge in [-0.15, -0.1) is 0 Å². The fourth-order valence-corrected chi connectivity index (χ4v) is 2.75. The van der Waals surface area contributed by atoms with Crippen LogP contribution in [0.5, 0.6) is 0 Å². The predicted molar refractivity (Wildman–Crippen MR) is 74.2 cm³/mol. The highest BCUT2D eigenvalue weighted by molar-refractivity contribution is 6.06. The molecular weight excluding hydrogens is 258 g/mol. The zero-order valence-corrected chi connectivity index (χ0v) is 11.4. The van der Waals surface area contributed by atoms with Crippen molar-refractivity contribution in [2.45, 2.75) is 38.5 Å². The molecule has 0 aliphatic heterocycles. The normalized spacial score (nSPS) is 18.7. The molecule has 1 aliphatic carbocycles. The molecule has 0 atom stereocenters. The highest BCUT2D eigenvalue weighted by atomic mass is 16.4. The summed E-state index contributed by atoms with van der Waals surface area (Å²) in [7, 11) is 0. The maximum atomic E-state index is 12.4. The Morgan fingerprint density at radius 3 is 2.85 bits per heavy atom. The maximum Gasteiger partial charge on any atom is 0.233 e. The number of nitrogens with one attached hydrogen (secondary N) is 2. The third kappa shape index (κ3) is 2.92. The molecular formula is C13H21N5O2. The summed E-state index contributed by atoms with van der Waals surface area (Å²) < 4.78 is 0. The summed E-state index contributed by atoms with van der Waals surface area (Å²) in [5.74, 6) is 0.693. The second-order valence-corrected chi connectivity index (χ2v) is 5.17. The Kier molecular flexibility index (Phi) is 4.60. The lowest BCUT2D eigenvalue weighted by Crippen LogP contribution is -2.51. The summed E-state index contributed by atoms with van der Waals surface area (Å²) in [4.78, 5) is 19.5. The van der Waals surface area contributed by atoms with Crippen molar-refractivity contribution in [2.24, 2.45) is 16.3 Å². The van der Waals surface area contributed by atoms with Crippen LogP contribution in [-0.4, -0.2) is 33.5 Å². The molecule has 0 bridgehead atoms. The van der Waals surface area contributed by atoms with Crippen LogP contribution in [0.3, 0.4) is 0 Å². The van der Waals surface area contributed by atoms with Gasteiger partial charge in [-0.1, -0.05) is 24.4 Å². The van der Waals surface area contributed by atoms with E-state index in [1.165, 1.54) is 0 Å². The molecule has 110 valence electrons. The van der Waals surface area contributed by atoms with Gasteiger partial charge in [0, 0.05) is 25.4 Å². The predicted octanol–water partition coefficient (Wildman–Crippen LogP) is 0.765. The van der Waals surface area contributed by atoms with E-state index in [0.717, 1.165) is 25.1 Å². The molecule has 0 radical (unpaired) electrons. The lowest BCUT2D eigenvalue weighted by Gasteiger charge is -2.34. The smallest absolute Gasteiger partial charge is 0.233 e. The summed E-state index contributed by atoms with van der Waals surface area (Å²) in [5.41, 5.74) is 4.92. The third-order valence-electron chi connectivity index (χ3n) is 3.94. The van der Waals surface area contributed by atoms with E-state index in [1.807, 2.05) is 0 Å². The number of nitrogens with zero attached hydrogens (tertiary/aromatic N) is 2. The van der Waals surface area contributed by atoms with Gasteiger partial charge in [-0.05, 0) is 12.8 Å². The first-order chi connectivity index (χ1) is 9.69. The van der Waals surface area contributed by atoms with Crippen molar-refractivity contribution in [3.63, 3.8) is 0 Å². The fraction of sp³-hybridized carbons (Fsp3) is 0.615. The number of carbonyl (C=O) groups is 1. The van der Waals surface area contributed by atoms with Crippen molar-refractivity contribution in [3.8, 4) is 0 Å². The molecule has 2 rings (SSSR count). The van der Waals surface area contributed by atoms with Gasteiger partial charge in [0.25, 0.3) is 0 Å². The molecule has 1 saturated carbocycles. The van der Waals surface area contributed by atoms with Gasteiger partial charge >= 0.3 is 0 Å². The van der Waals surface area contributed by atoms with E-state index >= 15 is 0 Å². The second-order valence-electron chi connectivity index (χ2n) is 5.17. The maximum absolute atomic E-state index is 12.4. The number of oxime groups is 1. The minimum Gasteiger partial charge on any atom is -0.409 e. The van der Waals surface area contributed by atoms with Crippen LogP contribution in [0.1, 0.15) is 37.9 Å². The number of carbonyl (C=O) groups excluding carboxylic acids is 1. The molecule has 0 saturated heterocycles. The average molecular weight is 279 g/mol. The number of hydrogen-bond acceptors (Lipinski definition) is 4. The average Bonchev–Trinajstić information content (AvgIpc) is 3.00.